The zero-order valence-corrected chi connectivity index (χ0v) is 14.7. The van der Waals surface area contributed by atoms with Crippen molar-refractivity contribution in [3.05, 3.63) is 35.4 Å². The van der Waals surface area contributed by atoms with E-state index in [0.717, 1.165) is 25.1 Å². The van der Waals surface area contributed by atoms with Gasteiger partial charge in [0.15, 0.2) is 0 Å². The van der Waals surface area contributed by atoms with E-state index < -0.39 is 0 Å². The Kier molecular flexibility index (Phi) is 4.84. The zero-order valence-electron chi connectivity index (χ0n) is 13.9. The number of allylic oxidation sites excluding steroid dienone is 2. The van der Waals surface area contributed by atoms with Crippen molar-refractivity contribution in [2.45, 2.75) is 39.7 Å². The maximum absolute atomic E-state index is 6.26. The number of rotatable bonds is 3. The van der Waals surface area contributed by atoms with Gasteiger partial charge in [0.25, 0.3) is 0 Å². The summed E-state index contributed by atoms with van der Waals surface area (Å²) in [5, 5.41) is 0. The van der Waals surface area contributed by atoms with E-state index in [0.29, 0.717) is 5.41 Å². The molecule has 2 aliphatic rings. The lowest BCUT2D eigenvalue weighted by atomic mass is 9.77. The first-order valence-electron chi connectivity index (χ1n) is 8.41. The molecular formula is C19H28N2S. The Labute approximate surface area is 139 Å². The van der Waals surface area contributed by atoms with Crippen LogP contribution in [0.15, 0.2) is 24.3 Å². The average Bonchev–Trinajstić information content (AvgIpc) is 2.51. The summed E-state index contributed by atoms with van der Waals surface area (Å²) in [5.74, 6) is 2.53. The molecule has 1 aromatic carbocycles. The molecule has 0 bridgehead atoms. The molecule has 0 aromatic heterocycles. The first-order valence-corrected chi connectivity index (χ1v) is 9.57. The van der Waals surface area contributed by atoms with Crippen LogP contribution in [0.5, 0.6) is 0 Å². The minimum absolute atomic E-state index is 0.446. The van der Waals surface area contributed by atoms with Gasteiger partial charge in [-0.15, -0.1) is 0 Å². The Bertz CT molecular complexity index is 557. The van der Waals surface area contributed by atoms with Gasteiger partial charge in [0.1, 0.15) is 0 Å². The van der Waals surface area contributed by atoms with Gasteiger partial charge in [-0.3, -0.25) is 4.90 Å². The molecule has 1 fully saturated rings. The minimum atomic E-state index is 0.446. The second-order valence-electron chi connectivity index (χ2n) is 7.41. The van der Waals surface area contributed by atoms with Crippen LogP contribution in [0, 0.1) is 5.41 Å². The largest absolute Gasteiger partial charge is 0.398 e. The highest BCUT2D eigenvalue weighted by molar-refractivity contribution is 7.99. The third-order valence-electron chi connectivity index (χ3n) is 4.95. The number of nitrogens with zero attached hydrogens (tertiary/aromatic N) is 1. The second kappa shape index (κ2) is 6.67. The lowest BCUT2D eigenvalue weighted by molar-refractivity contribution is 0.294. The number of nitrogens with two attached hydrogens (primary N) is 1. The zero-order chi connectivity index (χ0) is 15.6. The summed E-state index contributed by atoms with van der Waals surface area (Å²) in [4.78, 5) is 2.56. The second-order valence-corrected chi connectivity index (χ2v) is 8.63. The third-order valence-corrected chi connectivity index (χ3v) is 5.89. The van der Waals surface area contributed by atoms with E-state index in [1.54, 1.807) is 0 Å². The number of nitrogen functional groups attached to an aromatic ring is 1. The molecule has 1 aromatic rings. The highest BCUT2D eigenvalue weighted by atomic mass is 32.2. The Morgan fingerprint density at radius 1 is 1.23 bits per heavy atom. The van der Waals surface area contributed by atoms with Gasteiger partial charge in [0.2, 0.25) is 0 Å². The van der Waals surface area contributed by atoms with Gasteiger partial charge >= 0.3 is 0 Å². The van der Waals surface area contributed by atoms with E-state index in [4.69, 9.17) is 5.73 Å². The van der Waals surface area contributed by atoms with E-state index in [9.17, 15) is 0 Å². The molecular weight excluding hydrogens is 288 g/mol. The molecule has 0 radical (unpaired) electrons. The Morgan fingerprint density at radius 3 is 2.68 bits per heavy atom. The maximum Gasteiger partial charge on any atom is 0.0390 e. The molecule has 0 saturated carbocycles. The monoisotopic (exact) mass is 316 g/mol. The molecule has 1 saturated heterocycles. The van der Waals surface area contributed by atoms with Crippen molar-refractivity contribution >= 4 is 23.0 Å². The van der Waals surface area contributed by atoms with Gasteiger partial charge in [-0.2, -0.15) is 11.8 Å². The summed E-state index contributed by atoms with van der Waals surface area (Å²) < 4.78 is 0. The van der Waals surface area contributed by atoms with Crippen molar-refractivity contribution in [3.63, 3.8) is 0 Å². The number of hydrogen-bond donors (Lipinski definition) is 1. The van der Waals surface area contributed by atoms with Crippen LogP contribution < -0.4 is 5.73 Å². The topological polar surface area (TPSA) is 29.3 Å². The smallest absolute Gasteiger partial charge is 0.0390 e. The van der Waals surface area contributed by atoms with Gasteiger partial charge in [-0.25, -0.2) is 0 Å². The normalized spacial score (nSPS) is 22.4. The van der Waals surface area contributed by atoms with Crippen molar-refractivity contribution < 1.29 is 0 Å². The first-order chi connectivity index (χ1) is 10.5. The van der Waals surface area contributed by atoms with Crippen LogP contribution in [0.3, 0.4) is 0 Å². The lowest BCUT2D eigenvalue weighted by Crippen LogP contribution is -2.32. The van der Waals surface area contributed by atoms with Crippen molar-refractivity contribution in [3.8, 4) is 0 Å². The SMILES string of the molecule is CC1(C)CC=C(c2cc(CN3CCSCC3)ccc2N)CC1. The van der Waals surface area contributed by atoms with Crippen molar-refractivity contribution in [1.29, 1.82) is 0 Å². The molecule has 0 spiro atoms. The predicted molar refractivity (Wildman–Crippen MR) is 99.1 cm³/mol. The van der Waals surface area contributed by atoms with Crippen LogP contribution in [-0.2, 0) is 6.54 Å². The van der Waals surface area contributed by atoms with Crippen LogP contribution in [0.4, 0.5) is 5.69 Å². The fraction of sp³-hybridized carbons (Fsp3) is 0.579. The highest BCUT2D eigenvalue weighted by Gasteiger charge is 2.23. The summed E-state index contributed by atoms with van der Waals surface area (Å²) >= 11 is 2.07. The van der Waals surface area contributed by atoms with Gasteiger partial charge in [-0.1, -0.05) is 26.0 Å². The van der Waals surface area contributed by atoms with Crippen molar-refractivity contribution in [2.75, 3.05) is 30.3 Å². The Balaban J connectivity index is 1.76. The third kappa shape index (κ3) is 3.88. The number of anilines is 1. The first kappa shape index (κ1) is 15.9. The fourth-order valence-corrected chi connectivity index (χ4v) is 4.30. The van der Waals surface area contributed by atoms with Crippen molar-refractivity contribution in [2.24, 2.45) is 5.41 Å². The predicted octanol–water partition coefficient (Wildman–Crippen LogP) is 4.41. The number of benzene rings is 1. The maximum atomic E-state index is 6.26. The summed E-state index contributed by atoms with van der Waals surface area (Å²) in [6.45, 7) is 8.19. The molecule has 0 atom stereocenters. The molecule has 1 aliphatic carbocycles. The minimum Gasteiger partial charge on any atom is -0.398 e. The van der Waals surface area contributed by atoms with Crippen LogP contribution in [0.25, 0.3) is 5.57 Å². The molecule has 2 nitrogen and oxygen atoms in total. The number of hydrogen-bond acceptors (Lipinski definition) is 3. The van der Waals surface area contributed by atoms with Crippen LogP contribution in [0.2, 0.25) is 0 Å². The van der Waals surface area contributed by atoms with E-state index in [2.05, 4.69) is 54.8 Å². The molecule has 3 rings (SSSR count). The van der Waals surface area contributed by atoms with E-state index >= 15 is 0 Å². The lowest BCUT2D eigenvalue weighted by Gasteiger charge is -2.29. The van der Waals surface area contributed by atoms with Crippen LogP contribution in [-0.4, -0.2) is 29.5 Å². The standard InChI is InChI=1S/C19H28N2S/c1-19(2)7-5-16(6-8-19)17-13-15(3-4-18(17)20)14-21-9-11-22-12-10-21/h3-5,13H,6-12,14,20H2,1-2H3. The van der Waals surface area contributed by atoms with Gasteiger partial charge in [0.05, 0.1) is 0 Å². The number of thioether (sulfide) groups is 1. The quantitative estimate of drug-likeness (QED) is 0.838. The molecule has 0 unspecified atom stereocenters. The van der Waals surface area contributed by atoms with E-state index in [1.807, 2.05) is 0 Å². The average molecular weight is 317 g/mol. The fourth-order valence-electron chi connectivity index (χ4n) is 3.32. The summed E-state index contributed by atoms with van der Waals surface area (Å²) in [6, 6.07) is 6.64. The van der Waals surface area contributed by atoms with Crippen LogP contribution >= 0.6 is 11.8 Å². The van der Waals surface area contributed by atoms with Gasteiger partial charge < -0.3 is 5.73 Å². The molecule has 1 aliphatic heterocycles. The summed E-state index contributed by atoms with van der Waals surface area (Å²) in [6.07, 6.45) is 5.98. The van der Waals surface area contributed by atoms with Crippen molar-refractivity contribution in [1.82, 2.24) is 4.90 Å². The summed E-state index contributed by atoms with van der Waals surface area (Å²) in [7, 11) is 0. The Morgan fingerprint density at radius 2 is 2.00 bits per heavy atom. The molecule has 2 N–H and O–H groups in total. The highest BCUT2D eigenvalue weighted by Crippen LogP contribution is 2.39. The Hall–Kier alpha value is -0.930. The van der Waals surface area contributed by atoms with E-state index in [-0.39, 0.29) is 0 Å². The van der Waals surface area contributed by atoms with Crippen LogP contribution in [0.1, 0.15) is 44.2 Å². The van der Waals surface area contributed by atoms with E-state index in [1.165, 1.54) is 47.7 Å². The molecule has 22 heavy (non-hydrogen) atoms. The summed E-state index contributed by atoms with van der Waals surface area (Å²) in [5.41, 5.74) is 11.8. The molecule has 120 valence electrons. The molecule has 0 amide bonds. The molecule has 3 heteroatoms. The van der Waals surface area contributed by atoms with Gasteiger partial charge in [0, 0.05) is 42.4 Å². The molecule has 1 heterocycles. The van der Waals surface area contributed by atoms with Gasteiger partial charge in [-0.05, 0) is 47.9 Å².